The molecule has 1 aromatic heterocycles. The van der Waals surface area contributed by atoms with Gasteiger partial charge in [0.05, 0.1) is 23.3 Å². The van der Waals surface area contributed by atoms with E-state index in [1.54, 1.807) is 24.4 Å². The zero-order chi connectivity index (χ0) is 31.8. The van der Waals surface area contributed by atoms with Crippen LogP contribution in [0, 0.1) is 6.92 Å². The molecule has 1 saturated carbocycles. The number of rotatable bonds is 10. The fourth-order valence-corrected chi connectivity index (χ4v) is 6.62. The Morgan fingerprint density at radius 2 is 1.71 bits per heavy atom. The van der Waals surface area contributed by atoms with Gasteiger partial charge in [0, 0.05) is 24.3 Å². The van der Waals surface area contributed by atoms with Crippen LogP contribution in [0.4, 0.5) is 4.79 Å². The summed E-state index contributed by atoms with van der Waals surface area (Å²) in [6.45, 7) is 2.36. The van der Waals surface area contributed by atoms with Crippen molar-refractivity contribution in [1.82, 2.24) is 20.3 Å². The second-order valence-electron chi connectivity index (χ2n) is 11.2. The summed E-state index contributed by atoms with van der Waals surface area (Å²) >= 11 is 0. The van der Waals surface area contributed by atoms with Gasteiger partial charge < -0.3 is 15.4 Å². The number of hydrogen-bond acceptors (Lipinski definition) is 6. The maximum atomic E-state index is 13.3. The zero-order valence-corrected chi connectivity index (χ0v) is 26.3. The molecule has 0 unspecified atom stereocenters. The molecule has 0 atom stereocenters. The second-order valence-corrected chi connectivity index (χ2v) is 12.9. The number of aryl methyl sites for hydroxylation is 1. The van der Waals surface area contributed by atoms with Crippen molar-refractivity contribution in [3.63, 3.8) is 0 Å². The molecule has 0 aliphatic heterocycles. The number of benzene rings is 3. The van der Waals surface area contributed by atoms with E-state index in [2.05, 4.69) is 20.3 Å². The van der Waals surface area contributed by atoms with Crippen LogP contribution in [0.15, 0.2) is 90.0 Å². The Kier molecular flexibility index (Phi) is 10.1. The summed E-state index contributed by atoms with van der Waals surface area (Å²) in [6.07, 6.45) is 7.15. The van der Waals surface area contributed by atoms with E-state index in [1.807, 2.05) is 55.5 Å². The molecule has 0 saturated heterocycles. The molecule has 9 nitrogen and oxygen atoms in total. The van der Waals surface area contributed by atoms with Gasteiger partial charge >= 0.3 is 6.03 Å². The van der Waals surface area contributed by atoms with Crippen molar-refractivity contribution >= 4 is 22.0 Å². The number of sulfonamides is 1. The molecule has 1 fully saturated rings. The number of carbonyl (C=O) groups excluding carboxylic acids is 2. The predicted molar refractivity (Wildman–Crippen MR) is 175 cm³/mol. The molecule has 5 rings (SSSR count). The van der Waals surface area contributed by atoms with Gasteiger partial charge in [-0.25, -0.2) is 17.9 Å². The topological polar surface area (TPSA) is 126 Å². The molecule has 10 heteroatoms. The van der Waals surface area contributed by atoms with Crippen LogP contribution in [0.5, 0.6) is 5.75 Å². The fraction of sp³-hybridized carbons (Fsp3) is 0.286. The highest BCUT2D eigenvalue weighted by Gasteiger charge is 2.21. The molecule has 0 radical (unpaired) electrons. The largest absolute Gasteiger partial charge is 0.496 e. The third kappa shape index (κ3) is 7.88. The number of urea groups is 1. The Balaban J connectivity index is 1.23. The summed E-state index contributed by atoms with van der Waals surface area (Å²) in [4.78, 5) is 30.1. The fourth-order valence-electron chi connectivity index (χ4n) is 5.71. The minimum Gasteiger partial charge on any atom is -0.496 e. The van der Waals surface area contributed by atoms with Gasteiger partial charge in [0.2, 0.25) is 0 Å². The monoisotopic (exact) mass is 626 g/mol. The van der Waals surface area contributed by atoms with Crippen molar-refractivity contribution in [3.8, 4) is 28.1 Å². The molecule has 4 aromatic rings. The third-order valence-electron chi connectivity index (χ3n) is 8.05. The summed E-state index contributed by atoms with van der Waals surface area (Å²) in [7, 11) is -2.48. The van der Waals surface area contributed by atoms with Crippen molar-refractivity contribution in [2.24, 2.45) is 0 Å². The Bertz CT molecular complexity index is 1750. The van der Waals surface area contributed by atoms with Crippen LogP contribution in [0.25, 0.3) is 22.4 Å². The van der Waals surface area contributed by atoms with Crippen LogP contribution in [0.3, 0.4) is 0 Å². The minimum atomic E-state index is -4.01. The number of pyridine rings is 1. The average molecular weight is 627 g/mol. The second kappa shape index (κ2) is 14.4. The lowest BCUT2D eigenvalue weighted by Crippen LogP contribution is -2.45. The summed E-state index contributed by atoms with van der Waals surface area (Å²) in [5.41, 5.74) is 5.99. The SMILES string of the molecule is COc1ccc(-c2cccc(C)c2-c2ccccn2)cc1C(=O)NCCc1ccc(S(=O)(=O)NC(=O)NC2CCCCC2)cc1. The molecular weight excluding hydrogens is 588 g/mol. The first-order valence-electron chi connectivity index (χ1n) is 15.1. The molecule has 1 aliphatic carbocycles. The lowest BCUT2D eigenvalue weighted by Gasteiger charge is -2.22. The number of aromatic nitrogens is 1. The van der Waals surface area contributed by atoms with Crippen LogP contribution in [0.2, 0.25) is 0 Å². The molecule has 0 spiro atoms. The van der Waals surface area contributed by atoms with Crippen LogP contribution in [0.1, 0.15) is 53.6 Å². The Morgan fingerprint density at radius 1 is 0.933 bits per heavy atom. The maximum absolute atomic E-state index is 13.3. The van der Waals surface area contributed by atoms with E-state index in [1.165, 1.54) is 19.2 Å². The van der Waals surface area contributed by atoms with E-state index in [0.29, 0.717) is 24.3 Å². The number of methoxy groups -OCH3 is 1. The maximum Gasteiger partial charge on any atom is 0.328 e. The van der Waals surface area contributed by atoms with Gasteiger partial charge in [-0.1, -0.05) is 61.7 Å². The van der Waals surface area contributed by atoms with Gasteiger partial charge in [-0.05, 0) is 84.8 Å². The Morgan fingerprint density at radius 3 is 2.42 bits per heavy atom. The Hall–Kier alpha value is -4.70. The van der Waals surface area contributed by atoms with Crippen molar-refractivity contribution in [2.75, 3.05) is 13.7 Å². The van der Waals surface area contributed by atoms with E-state index >= 15 is 0 Å². The lowest BCUT2D eigenvalue weighted by atomic mass is 9.92. The summed E-state index contributed by atoms with van der Waals surface area (Å²) in [5, 5.41) is 5.71. The minimum absolute atomic E-state index is 0.000533. The highest BCUT2D eigenvalue weighted by atomic mass is 32.2. The molecule has 1 aliphatic rings. The quantitative estimate of drug-likeness (QED) is 0.198. The number of ether oxygens (including phenoxy) is 1. The van der Waals surface area contributed by atoms with Gasteiger partial charge in [-0.3, -0.25) is 9.78 Å². The van der Waals surface area contributed by atoms with Crippen molar-refractivity contribution in [3.05, 3.63) is 102 Å². The normalized spacial score (nSPS) is 13.6. The number of nitrogens with zero attached hydrogens (tertiary/aromatic N) is 1. The third-order valence-corrected chi connectivity index (χ3v) is 9.40. The summed E-state index contributed by atoms with van der Waals surface area (Å²) in [6, 6.07) is 23.0. The van der Waals surface area contributed by atoms with Gasteiger partial charge in [0.1, 0.15) is 5.75 Å². The molecule has 3 aromatic carbocycles. The van der Waals surface area contributed by atoms with Gasteiger partial charge in [-0.2, -0.15) is 0 Å². The first kappa shape index (κ1) is 31.7. The van der Waals surface area contributed by atoms with E-state index in [0.717, 1.165) is 65.6 Å². The van der Waals surface area contributed by atoms with Crippen molar-refractivity contribution in [2.45, 2.75) is 56.4 Å². The van der Waals surface area contributed by atoms with Gasteiger partial charge in [0.15, 0.2) is 0 Å². The van der Waals surface area contributed by atoms with E-state index in [-0.39, 0.29) is 16.8 Å². The van der Waals surface area contributed by atoms with Crippen LogP contribution >= 0.6 is 0 Å². The highest BCUT2D eigenvalue weighted by Crippen LogP contribution is 2.35. The van der Waals surface area contributed by atoms with Gasteiger partial charge in [-0.15, -0.1) is 0 Å². The number of carbonyl (C=O) groups is 2. The number of nitrogens with one attached hydrogen (secondary N) is 3. The highest BCUT2D eigenvalue weighted by molar-refractivity contribution is 7.90. The smallest absolute Gasteiger partial charge is 0.328 e. The first-order valence-corrected chi connectivity index (χ1v) is 16.6. The first-order chi connectivity index (χ1) is 21.7. The zero-order valence-electron chi connectivity index (χ0n) is 25.5. The van der Waals surface area contributed by atoms with Crippen LogP contribution in [-0.2, 0) is 16.4 Å². The van der Waals surface area contributed by atoms with Gasteiger partial charge in [0.25, 0.3) is 15.9 Å². The molecule has 0 bridgehead atoms. The molecule has 1 heterocycles. The number of amides is 3. The van der Waals surface area contributed by atoms with Crippen LogP contribution in [-0.4, -0.2) is 45.0 Å². The number of hydrogen-bond donors (Lipinski definition) is 3. The molecular formula is C35H38N4O5S. The molecule has 45 heavy (non-hydrogen) atoms. The van der Waals surface area contributed by atoms with E-state index in [4.69, 9.17) is 4.74 Å². The standard InChI is InChI=1S/C35H38N4O5S/c1-24-9-8-12-29(33(24)31-13-6-7-21-36-31)26-16-19-32(44-2)30(23-26)34(40)37-22-20-25-14-17-28(18-15-25)45(42,43)39-35(41)38-27-10-4-3-5-11-27/h6-9,12-19,21,23,27H,3-5,10-11,20,22H2,1-2H3,(H,37,40)(H2,38,39,41). The molecule has 3 amide bonds. The van der Waals surface area contributed by atoms with E-state index < -0.39 is 16.1 Å². The summed E-state index contributed by atoms with van der Waals surface area (Å²) in [5.74, 6) is 0.172. The summed E-state index contributed by atoms with van der Waals surface area (Å²) < 4.78 is 33.1. The Labute approximate surface area is 264 Å². The molecule has 3 N–H and O–H groups in total. The van der Waals surface area contributed by atoms with Crippen LogP contribution < -0.4 is 20.1 Å². The predicted octanol–water partition coefficient (Wildman–Crippen LogP) is 6.03. The van der Waals surface area contributed by atoms with Crippen molar-refractivity contribution in [1.29, 1.82) is 0 Å². The van der Waals surface area contributed by atoms with E-state index in [9.17, 15) is 18.0 Å². The lowest BCUT2D eigenvalue weighted by molar-refractivity contribution is 0.0951. The van der Waals surface area contributed by atoms with Crippen molar-refractivity contribution < 1.29 is 22.7 Å². The average Bonchev–Trinajstić information content (AvgIpc) is 3.05. The molecule has 234 valence electrons.